The predicted octanol–water partition coefficient (Wildman–Crippen LogP) is 1.13. The minimum Gasteiger partial charge on any atom is -0.504 e. The Morgan fingerprint density at radius 3 is 2.46 bits per heavy atom. The van der Waals surface area contributed by atoms with Gasteiger partial charge in [0.15, 0.2) is 11.5 Å². The molecular weight excluding hydrogens is 170 g/mol. The van der Waals surface area contributed by atoms with Gasteiger partial charge in [0.2, 0.25) is 5.75 Å². The molecule has 1 atom stereocenters. The molecule has 4 N–H and O–H groups in total. The highest BCUT2D eigenvalue weighted by atomic mass is 16.5. The second kappa shape index (κ2) is 3.53. The van der Waals surface area contributed by atoms with E-state index in [2.05, 4.69) is 0 Å². The van der Waals surface area contributed by atoms with Gasteiger partial charge in [-0.3, -0.25) is 0 Å². The Balaban J connectivity index is 3.22. The van der Waals surface area contributed by atoms with E-state index in [1.165, 1.54) is 13.2 Å². The quantitative estimate of drug-likeness (QED) is 0.601. The van der Waals surface area contributed by atoms with Gasteiger partial charge in [0.25, 0.3) is 0 Å². The summed E-state index contributed by atoms with van der Waals surface area (Å²) in [6.07, 6.45) is 0. The Bertz CT molecular complexity index is 310. The number of methoxy groups -OCH3 is 1. The van der Waals surface area contributed by atoms with Crippen molar-refractivity contribution in [3.05, 3.63) is 17.7 Å². The van der Waals surface area contributed by atoms with Gasteiger partial charge in [-0.1, -0.05) is 0 Å². The lowest BCUT2D eigenvalue weighted by atomic mass is 10.1. The summed E-state index contributed by atoms with van der Waals surface area (Å²) in [7, 11) is 1.42. The number of hydrogen-bond donors (Lipinski definition) is 3. The number of aromatic hydroxyl groups is 2. The minimum absolute atomic E-state index is 0.208. The molecule has 1 rings (SSSR count). The van der Waals surface area contributed by atoms with Gasteiger partial charge in [0.05, 0.1) is 7.11 Å². The summed E-state index contributed by atoms with van der Waals surface area (Å²) in [5.41, 5.74) is 6.32. The third-order valence-electron chi connectivity index (χ3n) is 1.82. The van der Waals surface area contributed by atoms with Gasteiger partial charge >= 0.3 is 0 Å². The molecule has 0 saturated heterocycles. The molecule has 0 aliphatic heterocycles. The normalized spacial score (nSPS) is 12.5. The van der Waals surface area contributed by atoms with Crippen molar-refractivity contribution in [2.75, 3.05) is 7.11 Å². The first-order valence-electron chi connectivity index (χ1n) is 3.91. The molecule has 0 aliphatic rings. The Kier molecular flexibility index (Phi) is 2.63. The Morgan fingerprint density at radius 2 is 2.00 bits per heavy atom. The highest BCUT2D eigenvalue weighted by molar-refractivity contribution is 5.52. The first kappa shape index (κ1) is 9.67. The smallest absolute Gasteiger partial charge is 0.200 e. The SMILES string of the molecule is COc1cc(C(C)N)cc(O)c1O. The van der Waals surface area contributed by atoms with Gasteiger partial charge in [-0.05, 0) is 24.6 Å². The number of phenolic OH excluding ortho intramolecular Hbond substituents is 2. The lowest BCUT2D eigenvalue weighted by Gasteiger charge is -2.10. The topological polar surface area (TPSA) is 75.7 Å². The molecule has 1 aromatic carbocycles. The fourth-order valence-electron chi connectivity index (χ4n) is 1.03. The van der Waals surface area contributed by atoms with Crippen LogP contribution < -0.4 is 10.5 Å². The molecule has 0 aliphatic carbocycles. The third-order valence-corrected chi connectivity index (χ3v) is 1.82. The Labute approximate surface area is 76.6 Å². The summed E-state index contributed by atoms with van der Waals surface area (Å²) < 4.78 is 4.85. The van der Waals surface area contributed by atoms with Crippen LogP contribution in [0.2, 0.25) is 0 Å². The van der Waals surface area contributed by atoms with E-state index < -0.39 is 0 Å². The number of hydrogen-bond acceptors (Lipinski definition) is 4. The molecule has 0 aromatic heterocycles. The van der Waals surface area contributed by atoms with Crippen LogP contribution in [0.15, 0.2) is 12.1 Å². The number of nitrogens with two attached hydrogens (primary N) is 1. The molecule has 4 heteroatoms. The molecule has 0 amide bonds. The maximum atomic E-state index is 9.29. The van der Waals surface area contributed by atoms with Gasteiger partial charge < -0.3 is 20.7 Å². The second-order valence-electron chi connectivity index (χ2n) is 2.88. The average Bonchev–Trinajstić information content (AvgIpc) is 2.09. The van der Waals surface area contributed by atoms with E-state index >= 15 is 0 Å². The number of ether oxygens (including phenoxy) is 1. The first-order chi connectivity index (χ1) is 6.06. The first-order valence-corrected chi connectivity index (χ1v) is 3.91. The molecule has 0 heterocycles. The van der Waals surface area contributed by atoms with E-state index in [1.54, 1.807) is 13.0 Å². The molecule has 72 valence electrons. The number of phenols is 2. The molecule has 13 heavy (non-hydrogen) atoms. The van der Waals surface area contributed by atoms with Gasteiger partial charge in [0, 0.05) is 6.04 Å². The highest BCUT2D eigenvalue weighted by Gasteiger charge is 2.11. The zero-order valence-electron chi connectivity index (χ0n) is 7.61. The maximum absolute atomic E-state index is 9.29. The van der Waals surface area contributed by atoms with Crippen LogP contribution in [-0.2, 0) is 0 Å². The number of rotatable bonds is 2. The zero-order valence-corrected chi connectivity index (χ0v) is 7.61. The van der Waals surface area contributed by atoms with E-state index in [1.807, 2.05) is 0 Å². The fourth-order valence-corrected chi connectivity index (χ4v) is 1.03. The van der Waals surface area contributed by atoms with Gasteiger partial charge in [-0.15, -0.1) is 0 Å². The van der Waals surface area contributed by atoms with E-state index in [-0.39, 0.29) is 23.3 Å². The summed E-state index contributed by atoms with van der Waals surface area (Å²) in [6.45, 7) is 1.78. The summed E-state index contributed by atoms with van der Waals surface area (Å²) in [6, 6.07) is 2.81. The van der Waals surface area contributed by atoms with Crippen molar-refractivity contribution in [2.45, 2.75) is 13.0 Å². The van der Waals surface area contributed by atoms with Crippen molar-refractivity contribution in [3.8, 4) is 17.2 Å². The third kappa shape index (κ3) is 1.84. The van der Waals surface area contributed by atoms with E-state index in [4.69, 9.17) is 10.5 Å². The average molecular weight is 183 g/mol. The molecule has 0 spiro atoms. The van der Waals surface area contributed by atoms with Gasteiger partial charge in [-0.2, -0.15) is 0 Å². The van der Waals surface area contributed by atoms with Crippen molar-refractivity contribution < 1.29 is 14.9 Å². The standard InChI is InChI=1S/C9H13NO3/c1-5(10)6-3-7(11)9(12)8(4-6)13-2/h3-5,11-12H,10H2,1-2H3. The zero-order chi connectivity index (χ0) is 10.0. The maximum Gasteiger partial charge on any atom is 0.200 e. The van der Waals surface area contributed by atoms with Crippen molar-refractivity contribution in [2.24, 2.45) is 5.73 Å². The molecule has 1 unspecified atom stereocenters. The Hall–Kier alpha value is -1.42. The van der Waals surface area contributed by atoms with Gasteiger partial charge in [0.1, 0.15) is 0 Å². The lowest BCUT2D eigenvalue weighted by Crippen LogP contribution is -2.04. The van der Waals surface area contributed by atoms with Crippen LogP contribution in [0.4, 0.5) is 0 Å². The molecule has 1 aromatic rings. The molecule has 0 bridgehead atoms. The molecular formula is C9H13NO3. The fraction of sp³-hybridized carbons (Fsp3) is 0.333. The summed E-state index contributed by atoms with van der Waals surface area (Å²) in [4.78, 5) is 0. The van der Waals surface area contributed by atoms with Crippen molar-refractivity contribution >= 4 is 0 Å². The molecule has 0 saturated carbocycles. The van der Waals surface area contributed by atoms with E-state index in [0.717, 1.165) is 0 Å². The summed E-state index contributed by atoms with van der Waals surface area (Å²) in [5.74, 6) is -0.245. The van der Waals surface area contributed by atoms with Crippen LogP contribution in [0.25, 0.3) is 0 Å². The van der Waals surface area contributed by atoms with E-state index in [9.17, 15) is 10.2 Å². The van der Waals surface area contributed by atoms with Crippen LogP contribution >= 0.6 is 0 Å². The summed E-state index contributed by atoms with van der Waals surface area (Å²) in [5, 5.41) is 18.6. The van der Waals surface area contributed by atoms with Crippen molar-refractivity contribution in [1.82, 2.24) is 0 Å². The predicted molar refractivity (Wildman–Crippen MR) is 48.9 cm³/mol. The van der Waals surface area contributed by atoms with E-state index in [0.29, 0.717) is 5.56 Å². The minimum atomic E-state index is -0.257. The van der Waals surface area contributed by atoms with Crippen LogP contribution in [0.3, 0.4) is 0 Å². The van der Waals surface area contributed by atoms with Crippen molar-refractivity contribution in [3.63, 3.8) is 0 Å². The summed E-state index contributed by atoms with van der Waals surface area (Å²) >= 11 is 0. The monoisotopic (exact) mass is 183 g/mol. The highest BCUT2D eigenvalue weighted by Crippen LogP contribution is 2.37. The number of benzene rings is 1. The van der Waals surface area contributed by atoms with Crippen LogP contribution in [-0.4, -0.2) is 17.3 Å². The molecule has 0 radical (unpaired) electrons. The van der Waals surface area contributed by atoms with Crippen LogP contribution in [0.5, 0.6) is 17.2 Å². The largest absolute Gasteiger partial charge is 0.504 e. The van der Waals surface area contributed by atoms with Crippen LogP contribution in [0, 0.1) is 0 Å². The second-order valence-corrected chi connectivity index (χ2v) is 2.88. The van der Waals surface area contributed by atoms with Crippen molar-refractivity contribution in [1.29, 1.82) is 0 Å². The van der Waals surface area contributed by atoms with Crippen LogP contribution in [0.1, 0.15) is 18.5 Å². The Morgan fingerprint density at radius 1 is 1.38 bits per heavy atom. The molecule has 0 fully saturated rings. The molecule has 4 nitrogen and oxygen atoms in total. The lowest BCUT2D eigenvalue weighted by molar-refractivity contribution is 0.350. The van der Waals surface area contributed by atoms with Gasteiger partial charge in [-0.25, -0.2) is 0 Å².